The Morgan fingerprint density at radius 3 is 2.67 bits per heavy atom. The van der Waals surface area contributed by atoms with Crippen molar-refractivity contribution >= 4 is 39.7 Å². The lowest BCUT2D eigenvalue weighted by Gasteiger charge is -2.08. The van der Waals surface area contributed by atoms with E-state index >= 15 is 0 Å². The zero-order valence-corrected chi connectivity index (χ0v) is 20.2. The summed E-state index contributed by atoms with van der Waals surface area (Å²) in [6, 6.07) is 16.9. The van der Waals surface area contributed by atoms with Crippen LogP contribution in [0.2, 0.25) is 0 Å². The molecule has 0 unspecified atom stereocenters. The molecule has 1 N–H and O–H groups in total. The highest BCUT2D eigenvalue weighted by Crippen LogP contribution is 2.28. The first-order valence-corrected chi connectivity index (χ1v) is 12.7. The fourth-order valence-electron chi connectivity index (χ4n) is 3.83. The van der Waals surface area contributed by atoms with E-state index < -0.39 is 0 Å². The number of carbonyl (C=O) groups excluding carboxylic acids is 1. The number of fused-ring (bicyclic) bond motifs is 3. The summed E-state index contributed by atoms with van der Waals surface area (Å²) < 4.78 is 2.23. The molecule has 0 bridgehead atoms. The van der Waals surface area contributed by atoms with E-state index in [-0.39, 0.29) is 5.91 Å². The van der Waals surface area contributed by atoms with Crippen molar-refractivity contribution in [1.29, 1.82) is 0 Å². The topological polar surface area (TPSA) is 72.7 Å². The largest absolute Gasteiger partial charge is 0.356 e. The summed E-state index contributed by atoms with van der Waals surface area (Å²) in [6.45, 7) is 5.74. The highest BCUT2D eigenvalue weighted by atomic mass is 32.2. The first-order chi connectivity index (χ1) is 16.2. The molecule has 0 aliphatic heterocycles. The standard InChI is InChI=1S/C26H31N5OS/c1-3-4-16-27-23(32)11-7-8-17-33-26-28-25-24(29-30-26)21-9-5-6-10-22(21)31(25)18-20-14-12-19(2)13-15-20/h5-6,9-10,12-15H,3-4,7-8,11,16-18H2,1-2H3,(H,27,32). The van der Waals surface area contributed by atoms with E-state index in [2.05, 4.69) is 70.3 Å². The van der Waals surface area contributed by atoms with Gasteiger partial charge in [-0.3, -0.25) is 4.79 Å². The van der Waals surface area contributed by atoms with Gasteiger partial charge in [-0.05, 0) is 37.8 Å². The molecule has 0 saturated carbocycles. The van der Waals surface area contributed by atoms with Crippen LogP contribution in [0.25, 0.3) is 22.1 Å². The molecule has 4 rings (SSSR count). The number of unbranched alkanes of at least 4 members (excludes halogenated alkanes) is 2. The molecule has 0 atom stereocenters. The van der Waals surface area contributed by atoms with Crippen LogP contribution in [0.15, 0.2) is 53.7 Å². The summed E-state index contributed by atoms with van der Waals surface area (Å²) >= 11 is 1.61. The summed E-state index contributed by atoms with van der Waals surface area (Å²) in [4.78, 5) is 16.7. The summed E-state index contributed by atoms with van der Waals surface area (Å²) in [6.07, 6.45) is 4.52. The second kappa shape index (κ2) is 11.3. The number of hydrogen-bond acceptors (Lipinski definition) is 5. The molecule has 0 aliphatic carbocycles. The van der Waals surface area contributed by atoms with Crippen molar-refractivity contribution in [3.63, 3.8) is 0 Å². The number of aromatic nitrogens is 4. The van der Waals surface area contributed by atoms with Crippen LogP contribution in [0.4, 0.5) is 0 Å². The number of aryl methyl sites for hydroxylation is 1. The predicted octanol–water partition coefficient (Wildman–Crippen LogP) is 5.51. The molecular weight excluding hydrogens is 430 g/mol. The average Bonchev–Trinajstić information content (AvgIpc) is 3.13. The highest BCUT2D eigenvalue weighted by Gasteiger charge is 2.15. The molecule has 7 heteroatoms. The Hall–Kier alpha value is -2.93. The lowest BCUT2D eigenvalue weighted by Crippen LogP contribution is -2.23. The molecule has 2 heterocycles. The molecule has 0 aliphatic rings. The van der Waals surface area contributed by atoms with E-state index in [4.69, 9.17) is 4.98 Å². The van der Waals surface area contributed by atoms with Crippen molar-refractivity contribution in [3.8, 4) is 0 Å². The molecule has 0 saturated heterocycles. The lowest BCUT2D eigenvalue weighted by atomic mass is 10.1. The first-order valence-electron chi connectivity index (χ1n) is 11.7. The maximum Gasteiger partial charge on any atom is 0.219 e. The van der Waals surface area contributed by atoms with Crippen LogP contribution in [0.1, 0.15) is 50.2 Å². The van der Waals surface area contributed by atoms with Gasteiger partial charge in [0.1, 0.15) is 5.52 Å². The van der Waals surface area contributed by atoms with Crippen LogP contribution in [-0.4, -0.2) is 38.0 Å². The van der Waals surface area contributed by atoms with Gasteiger partial charge in [0.25, 0.3) is 0 Å². The third kappa shape index (κ3) is 5.90. The number of hydrogen-bond donors (Lipinski definition) is 1. The maximum atomic E-state index is 11.8. The molecular formula is C26H31N5OS. The van der Waals surface area contributed by atoms with E-state index in [9.17, 15) is 4.79 Å². The Kier molecular flexibility index (Phi) is 7.94. The quantitative estimate of drug-likeness (QED) is 0.235. The second-order valence-electron chi connectivity index (χ2n) is 8.36. The van der Waals surface area contributed by atoms with Crippen molar-refractivity contribution in [2.24, 2.45) is 0 Å². The van der Waals surface area contributed by atoms with Crippen molar-refractivity contribution in [1.82, 2.24) is 25.1 Å². The summed E-state index contributed by atoms with van der Waals surface area (Å²) in [7, 11) is 0. The van der Waals surface area contributed by atoms with Crippen molar-refractivity contribution in [2.75, 3.05) is 12.3 Å². The minimum absolute atomic E-state index is 0.147. The van der Waals surface area contributed by atoms with Crippen LogP contribution < -0.4 is 5.32 Å². The Labute approximate surface area is 199 Å². The number of benzene rings is 2. The number of thioether (sulfide) groups is 1. The van der Waals surface area contributed by atoms with Gasteiger partial charge in [-0.15, -0.1) is 10.2 Å². The van der Waals surface area contributed by atoms with Gasteiger partial charge in [0, 0.05) is 30.6 Å². The SMILES string of the molecule is CCCCNC(=O)CCCCSc1nnc2c3ccccc3n(Cc3ccc(C)cc3)c2n1. The molecule has 2 aromatic carbocycles. The van der Waals surface area contributed by atoms with E-state index in [0.29, 0.717) is 11.6 Å². The zero-order chi connectivity index (χ0) is 23.0. The molecule has 172 valence electrons. The summed E-state index contributed by atoms with van der Waals surface area (Å²) in [5.41, 5.74) is 5.30. The van der Waals surface area contributed by atoms with E-state index in [1.54, 1.807) is 11.8 Å². The first kappa shape index (κ1) is 23.2. The van der Waals surface area contributed by atoms with Gasteiger partial charge >= 0.3 is 0 Å². The number of carbonyl (C=O) groups is 1. The molecule has 6 nitrogen and oxygen atoms in total. The number of rotatable bonds is 11. The van der Waals surface area contributed by atoms with Crippen molar-refractivity contribution in [3.05, 3.63) is 59.7 Å². The van der Waals surface area contributed by atoms with Gasteiger partial charge in [0.05, 0.1) is 5.52 Å². The second-order valence-corrected chi connectivity index (χ2v) is 9.43. The lowest BCUT2D eigenvalue weighted by molar-refractivity contribution is -0.121. The van der Waals surface area contributed by atoms with E-state index in [0.717, 1.165) is 66.6 Å². The molecule has 0 radical (unpaired) electrons. The molecule has 33 heavy (non-hydrogen) atoms. The van der Waals surface area contributed by atoms with Crippen molar-refractivity contribution in [2.45, 2.75) is 57.7 Å². The minimum Gasteiger partial charge on any atom is -0.356 e. The molecule has 4 aromatic rings. The molecule has 0 fully saturated rings. The number of nitrogens with one attached hydrogen (secondary N) is 1. The van der Waals surface area contributed by atoms with Gasteiger partial charge in [-0.25, -0.2) is 4.98 Å². The van der Waals surface area contributed by atoms with Crippen LogP contribution in [0.5, 0.6) is 0 Å². The third-order valence-electron chi connectivity index (χ3n) is 5.70. The van der Waals surface area contributed by atoms with Gasteiger partial charge in [-0.2, -0.15) is 0 Å². The Morgan fingerprint density at radius 2 is 1.85 bits per heavy atom. The normalized spacial score (nSPS) is 11.3. The van der Waals surface area contributed by atoms with Crippen LogP contribution >= 0.6 is 11.8 Å². The monoisotopic (exact) mass is 461 g/mol. The van der Waals surface area contributed by atoms with E-state index in [1.165, 1.54) is 11.1 Å². The summed E-state index contributed by atoms with van der Waals surface area (Å²) in [5, 5.41) is 13.6. The Morgan fingerprint density at radius 1 is 1.03 bits per heavy atom. The maximum absolute atomic E-state index is 11.8. The van der Waals surface area contributed by atoms with Gasteiger partial charge in [-0.1, -0.05) is 73.1 Å². The minimum atomic E-state index is 0.147. The highest BCUT2D eigenvalue weighted by molar-refractivity contribution is 7.99. The van der Waals surface area contributed by atoms with Gasteiger partial charge in [0.15, 0.2) is 5.65 Å². The third-order valence-corrected chi connectivity index (χ3v) is 6.62. The Bertz CT molecular complexity index is 1220. The predicted molar refractivity (Wildman–Crippen MR) is 136 cm³/mol. The fourth-order valence-corrected chi connectivity index (χ4v) is 4.61. The molecule has 0 spiro atoms. The van der Waals surface area contributed by atoms with Crippen LogP contribution in [0, 0.1) is 6.92 Å². The number of amides is 1. The molecule has 1 amide bonds. The number of para-hydroxylation sites is 1. The van der Waals surface area contributed by atoms with E-state index in [1.807, 2.05) is 12.1 Å². The van der Waals surface area contributed by atoms with Crippen LogP contribution in [-0.2, 0) is 11.3 Å². The van der Waals surface area contributed by atoms with Gasteiger partial charge in [0.2, 0.25) is 11.1 Å². The van der Waals surface area contributed by atoms with Gasteiger partial charge < -0.3 is 9.88 Å². The van der Waals surface area contributed by atoms with Crippen molar-refractivity contribution < 1.29 is 4.79 Å². The summed E-state index contributed by atoms with van der Waals surface area (Å²) in [5.74, 6) is 1.02. The fraction of sp³-hybridized carbons (Fsp3) is 0.385. The van der Waals surface area contributed by atoms with Crippen LogP contribution in [0.3, 0.4) is 0 Å². The average molecular weight is 462 g/mol. The Balaban J connectivity index is 1.44. The zero-order valence-electron chi connectivity index (χ0n) is 19.4. The smallest absolute Gasteiger partial charge is 0.219 e. The number of nitrogens with zero attached hydrogens (tertiary/aromatic N) is 4. The molecule has 2 aromatic heterocycles.